The Hall–Kier alpha value is -1.45. The van der Waals surface area contributed by atoms with E-state index in [1.807, 2.05) is 0 Å². The van der Waals surface area contributed by atoms with Gasteiger partial charge in [-0.2, -0.15) is 0 Å². The minimum absolute atomic E-state index is 0.242. The van der Waals surface area contributed by atoms with E-state index < -0.39 is 5.91 Å². The number of carbonyl (C=O) groups is 1. The number of nitrogens with zero attached hydrogens (tertiary/aromatic N) is 2. The van der Waals surface area contributed by atoms with Crippen molar-refractivity contribution >= 4 is 5.91 Å². The monoisotopic (exact) mass is 207 g/mol. The fourth-order valence-electron chi connectivity index (χ4n) is 1.14. The van der Waals surface area contributed by atoms with E-state index in [4.69, 9.17) is 5.73 Å². The van der Waals surface area contributed by atoms with Gasteiger partial charge in [-0.25, -0.2) is 9.97 Å². The molecule has 0 aliphatic heterocycles. The Bertz CT molecular complexity index is 355. The second-order valence-corrected chi connectivity index (χ2v) is 4.78. The van der Waals surface area contributed by atoms with E-state index >= 15 is 0 Å². The van der Waals surface area contributed by atoms with Crippen molar-refractivity contribution in [1.82, 2.24) is 9.97 Å². The summed E-state index contributed by atoms with van der Waals surface area (Å²) in [6.07, 6.45) is 3.32. The second-order valence-electron chi connectivity index (χ2n) is 4.78. The Morgan fingerprint density at radius 1 is 1.47 bits per heavy atom. The fourth-order valence-corrected chi connectivity index (χ4v) is 1.14. The molecule has 0 saturated carbocycles. The van der Waals surface area contributed by atoms with Crippen molar-refractivity contribution in [3.63, 3.8) is 0 Å². The molecule has 1 heterocycles. The summed E-state index contributed by atoms with van der Waals surface area (Å²) in [7, 11) is 0. The minimum Gasteiger partial charge on any atom is -0.364 e. The van der Waals surface area contributed by atoms with Crippen LogP contribution in [0.3, 0.4) is 0 Å². The van der Waals surface area contributed by atoms with Gasteiger partial charge in [0.05, 0.1) is 0 Å². The molecule has 0 fully saturated rings. The van der Waals surface area contributed by atoms with Crippen molar-refractivity contribution in [2.24, 2.45) is 11.1 Å². The van der Waals surface area contributed by atoms with Gasteiger partial charge in [-0.1, -0.05) is 20.8 Å². The van der Waals surface area contributed by atoms with Crippen molar-refractivity contribution < 1.29 is 4.79 Å². The predicted octanol–water partition coefficient (Wildman–Crippen LogP) is 1.55. The first-order valence-electron chi connectivity index (χ1n) is 5.00. The van der Waals surface area contributed by atoms with Crippen LogP contribution in [0, 0.1) is 5.41 Å². The molecule has 0 unspecified atom stereocenters. The highest BCUT2D eigenvalue weighted by Gasteiger charge is 2.12. The van der Waals surface area contributed by atoms with Gasteiger partial charge in [-0.15, -0.1) is 0 Å². The second kappa shape index (κ2) is 4.38. The normalized spacial score (nSPS) is 11.4. The lowest BCUT2D eigenvalue weighted by atomic mass is 9.90. The molecule has 82 valence electrons. The van der Waals surface area contributed by atoms with E-state index in [0.717, 1.165) is 12.8 Å². The van der Waals surface area contributed by atoms with Crippen LogP contribution in [0.25, 0.3) is 0 Å². The number of nitrogens with two attached hydrogens (primary N) is 1. The van der Waals surface area contributed by atoms with Crippen LogP contribution in [-0.2, 0) is 6.42 Å². The molecule has 4 heteroatoms. The van der Waals surface area contributed by atoms with Gasteiger partial charge in [0, 0.05) is 12.6 Å². The van der Waals surface area contributed by atoms with Gasteiger partial charge in [0.2, 0.25) is 0 Å². The largest absolute Gasteiger partial charge is 0.364 e. The average molecular weight is 207 g/mol. The van der Waals surface area contributed by atoms with Crippen molar-refractivity contribution in [3.8, 4) is 0 Å². The zero-order valence-electron chi connectivity index (χ0n) is 9.45. The molecule has 0 aromatic carbocycles. The van der Waals surface area contributed by atoms with E-state index in [1.165, 1.54) is 6.07 Å². The lowest BCUT2D eigenvalue weighted by Crippen LogP contribution is -2.15. The number of amides is 1. The summed E-state index contributed by atoms with van der Waals surface area (Å²) < 4.78 is 0. The van der Waals surface area contributed by atoms with Crippen LogP contribution in [0.15, 0.2) is 12.3 Å². The third-order valence-corrected chi connectivity index (χ3v) is 2.06. The smallest absolute Gasteiger partial charge is 0.267 e. The highest BCUT2D eigenvalue weighted by Crippen LogP contribution is 2.20. The summed E-state index contributed by atoms with van der Waals surface area (Å²) in [5.41, 5.74) is 5.66. The van der Waals surface area contributed by atoms with Gasteiger partial charge in [0.25, 0.3) is 5.91 Å². The quantitative estimate of drug-likeness (QED) is 0.817. The number of hydrogen-bond acceptors (Lipinski definition) is 3. The maximum atomic E-state index is 10.9. The van der Waals surface area contributed by atoms with Crippen LogP contribution in [-0.4, -0.2) is 15.9 Å². The summed E-state index contributed by atoms with van der Waals surface area (Å²) in [6, 6.07) is 1.53. The lowest BCUT2D eigenvalue weighted by molar-refractivity contribution is 0.0995. The molecule has 15 heavy (non-hydrogen) atoms. The highest BCUT2D eigenvalue weighted by molar-refractivity contribution is 5.90. The van der Waals surface area contributed by atoms with Crippen molar-refractivity contribution in [2.75, 3.05) is 0 Å². The molecule has 0 atom stereocenters. The maximum absolute atomic E-state index is 10.9. The Balaban J connectivity index is 2.70. The predicted molar refractivity (Wildman–Crippen MR) is 58.3 cm³/mol. The van der Waals surface area contributed by atoms with Gasteiger partial charge in [-0.05, 0) is 17.9 Å². The molecule has 4 nitrogen and oxygen atoms in total. The Kier molecular flexibility index (Phi) is 3.39. The molecule has 0 aliphatic rings. The molecule has 0 spiro atoms. The first kappa shape index (κ1) is 11.6. The van der Waals surface area contributed by atoms with Gasteiger partial charge in [0.1, 0.15) is 11.5 Å². The van der Waals surface area contributed by atoms with Crippen LogP contribution in [0.4, 0.5) is 0 Å². The van der Waals surface area contributed by atoms with E-state index in [1.54, 1.807) is 6.20 Å². The molecule has 1 amide bonds. The number of rotatable bonds is 3. The van der Waals surface area contributed by atoms with Crippen LogP contribution >= 0.6 is 0 Å². The Morgan fingerprint density at radius 3 is 2.67 bits per heavy atom. The Morgan fingerprint density at radius 2 is 2.13 bits per heavy atom. The Labute approximate surface area is 89.9 Å². The van der Waals surface area contributed by atoms with Crippen molar-refractivity contribution in [2.45, 2.75) is 33.6 Å². The third kappa shape index (κ3) is 4.06. The van der Waals surface area contributed by atoms with Crippen molar-refractivity contribution in [1.29, 1.82) is 0 Å². The SMILES string of the molecule is CC(C)(C)CCc1nccc(C(N)=O)n1. The molecule has 0 radical (unpaired) electrons. The molecule has 0 aliphatic carbocycles. The number of aryl methyl sites for hydroxylation is 1. The molecule has 1 rings (SSSR count). The van der Waals surface area contributed by atoms with Crippen molar-refractivity contribution in [3.05, 3.63) is 23.8 Å². The van der Waals surface area contributed by atoms with Gasteiger partial charge in [0.15, 0.2) is 0 Å². The summed E-state index contributed by atoms with van der Waals surface area (Å²) in [6.45, 7) is 6.47. The molecule has 1 aromatic heterocycles. The van der Waals surface area contributed by atoms with Crippen LogP contribution in [0.5, 0.6) is 0 Å². The zero-order chi connectivity index (χ0) is 11.5. The van der Waals surface area contributed by atoms with Gasteiger partial charge < -0.3 is 5.73 Å². The highest BCUT2D eigenvalue weighted by atomic mass is 16.1. The summed E-state index contributed by atoms with van der Waals surface area (Å²) in [4.78, 5) is 19.1. The zero-order valence-corrected chi connectivity index (χ0v) is 9.45. The number of hydrogen-bond donors (Lipinski definition) is 1. The van der Waals surface area contributed by atoms with E-state index in [9.17, 15) is 4.79 Å². The summed E-state index contributed by atoms with van der Waals surface area (Å²) in [5, 5.41) is 0. The first-order valence-corrected chi connectivity index (χ1v) is 5.00. The van der Waals surface area contributed by atoms with Crippen LogP contribution in [0.2, 0.25) is 0 Å². The molecule has 0 bridgehead atoms. The first-order chi connectivity index (χ1) is 6.88. The van der Waals surface area contributed by atoms with Crippen LogP contribution in [0.1, 0.15) is 43.5 Å². The number of primary amides is 1. The van der Waals surface area contributed by atoms with E-state index in [0.29, 0.717) is 5.82 Å². The lowest BCUT2D eigenvalue weighted by Gasteiger charge is -2.16. The number of carbonyl (C=O) groups excluding carboxylic acids is 1. The molecule has 0 saturated heterocycles. The van der Waals surface area contributed by atoms with Gasteiger partial charge in [-0.3, -0.25) is 4.79 Å². The standard InChI is InChI=1S/C11H17N3O/c1-11(2,3)6-4-9-13-7-5-8(14-9)10(12)15/h5,7H,4,6H2,1-3H3,(H2,12,15). The minimum atomic E-state index is -0.505. The van der Waals surface area contributed by atoms with Crippen LogP contribution < -0.4 is 5.73 Å². The summed E-state index contributed by atoms with van der Waals surface area (Å²) >= 11 is 0. The number of aromatic nitrogens is 2. The molecule has 2 N–H and O–H groups in total. The summed E-state index contributed by atoms with van der Waals surface area (Å²) in [5.74, 6) is 0.177. The third-order valence-electron chi connectivity index (χ3n) is 2.06. The molecular weight excluding hydrogens is 190 g/mol. The maximum Gasteiger partial charge on any atom is 0.267 e. The van der Waals surface area contributed by atoms with E-state index in [2.05, 4.69) is 30.7 Å². The molecule has 1 aromatic rings. The fraction of sp³-hybridized carbons (Fsp3) is 0.545. The topological polar surface area (TPSA) is 68.9 Å². The average Bonchev–Trinajstić information content (AvgIpc) is 2.14. The van der Waals surface area contributed by atoms with E-state index in [-0.39, 0.29) is 11.1 Å². The molecular formula is C11H17N3O. The van der Waals surface area contributed by atoms with Gasteiger partial charge >= 0.3 is 0 Å².